The minimum Gasteiger partial charge on any atom is -0.349 e. The minimum atomic E-state index is -0.0215. The maximum absolute atomic E-state index is 12.5. The summed E-state index contributed by atoms with van der Waals surface area (Å²) in [5.74, 6) is 5.79. The van der Waals surface area contributed by atoms with Crippen LogP contribution < -0.4 is 11.1 Å². The van der Waals surface area contributed by atoms with Crippen molar-refractivity contribution >= 4 is 17.7 Å². The van der Waals surface area contributed by atoms with Gasteiger partial charge in [-0.05, 0) is 44.6 Å². The molecule has 3 nitrogen and oxygen atoms in total. The number of nitrogens with two attached hydrogens (primary N) is 1. The van der Waals surface area contributed by atoms with E-state index in [1.165, 1.54) is 6.42 Å². The molecule has 1 amide bonds. The van der Waals surface area contributed by atoms with Crippen molar-refractivity contribution in [3.8, 4) is 11.8 Å². The summed E-state index contributed by atoms with van der Waals surface area (Å²) in [7, 11) is 0. The van der Waals surface area contributed by atoms with Crippen molar-refractivity contribution in [2.45, 2.75) is 37.5 Å². The number of nitrogens with one attached hydrogen (secondary N) is 1. The van der Waals surface area contributed by atoms with E-state index in [0.29, 0.717) is 17.4 Å². The summed E-state index contributed by atoms with van der Waals surface area (Å²) in [4.78, 5) is 12.5. The lowest BCUT2D eigenvalue weighted by Crippen LogP contribution is -2.33. The van der Waals surface area contributed by atoms with E-state index >= 15 is 0 Å². The maximum Gasteiger partial charge on any atom is 0.252 e. The third kappa shape index (κ3) is 4.26. The van der Waals surface area contributed by atoms with Gasteiger partial charge in [-0.15, -0.1) is 0 Å². The highest BCUT2D eigenvalue weighted by molar-refractivity contribution is 7.99. The molecule has 0 heterocycles. The number of benzene rings is 1. The van der Waals surface area contributed by atoms with Gasteiger partial charge in [0.25, 0.3) is 5.91 Å². The van der Waals surface area contributed by atoms with Crippen molar-refractivity contribution < 1.29 is 4.79 Å². The number of thioether (sulfide) groups is 1. The molecule has 0 spiro atoms. The lowest BCUT2D eigenvalue weighted by Gasteiger charge is -2.14. The van der Waals surface area contributed by atoms with Crippen LogP contribution in [0, 0.1) is 18.8 Å². The van der Waals surface area contributed by atoms with Crippen LogP contribution in [0.1, 0.15) is 40.7 Å². The highest BCUT2D eigenvalue weighted by atomic mass is 32.2. The van der Waals surface area contributed by atoms with Crippen LogP contribution in [0.3, 0.4) is 0 Å². The predicted molar refractivity (Wildman–Crippen MR) is 89.5 cm³/mol. The molecule has 2 rings (SSSR count). The Labute approximate surface area is 131 Å². The van der Waals surface area contributed by atoms with Crippen molar-refractivity contribution in [3.05, 3.63) is 34.9 Å². The lowest BCUT2D eigenvalue weighted by molar-refractivity contribution is 0.0937. The van der Waals surface area contributed by atoms with Gasteiger partial charge in [0.2, 0.25) is 0 Å². The Kier molecular flexibility index (Phi) is 5.72. The first-order valence-electron chi connectivity index (χ1n) is 7.27. The van der Waals surface area contributed by atoms with Gasteiger partial charge >= 0.3 is 0 Å². The molecule has 1 aromatic rings. The molecule has 0 aliphatic heterocycles. The van der Waals surface area contributed by atoms with Crippen LogP contribution in [0.2, 0.25) is 0 Å². The van der Waals surface area contributed by atoms with Gasteiger partial charge < -0.3 is 11.1 Å². The zero-order valence-electron chi connectivity index (χ0n) is 12.6. The Balaban J connectivity index is 2.13. The van der Waals surface area contributed by atoms with E-state index in [-0.39, 0.29) is 11.9 Å². The van der Waals surface area contributed by atoms with Crippen LogP contribution in [0.25, 0.3) is 0 Å². The van der Waals surface area contributed by atoms with E-state index in [9.17, 15) is 4.79 Å². The Hall–Kier alpha value is -1.44. The van der Waals surface area contributed by atoms with Crippen LogP contribution in [0.4, 0.5) is 0 Å². The summed E-state index contributed by atoms with van der Waals surface area (Å²) in [6.07, 6.45) is 5.44. The van der Waals surface area contributed by atoms with E-state index in [0.717, 1.165) is 24.0 Å². The average Bonchev–Trinajstić information content (AvgIpc) is 2.93. The number of hydrogen-bond acceptors (Lipinski definition) is 3. The van der Waals surface area contributed by atoms with Gasteiger partial charge in [0.05, 0.1) is 12.1 Å². The normalized spacial score (nSPS) is 20.7. The topological polar surface area (TPSA) is 55.1 Å². The Bertz CT molecular complexity index is 574. The summed E-state index contributed by atoms with van der Waals surface area (Å²) in [5, 5.41) is 3.82. The SMILES string of the molecule is CSC1CCC(NC(=O)c2cc(C)ccc2C#CCN)C1. The van der Waals surface area contributed by atoms with Gasteiger partial charge in [0.15, 0.2) is 0 Å². The third-order valence-electron chi connectivity index (χ3n) is 3.80. The summed E-state index contributed by atoms with van der Waals surface area (Å²) in [6, 6.07) is 6.05. The molecule has 1 aliphatic carbocycles. The molecule has 2 atom stereocenters. The summed E-state index contributed by atoms with van der Waals surface area (Å²) >= 11 is 1.89. The molecule has 1 aromatic carbocycles. The van der Waals surface area contributed by atoms with Gasteiger partial charge in [0, 0.05) is 16.9 Å². The van der Waals surface area contributed by atoms with Gasteiger partial charge in [-0.1, -0.05) is 23.5 Å². The Morgan fingerprint density at radius 3 is 2.95 bits per heavy atom. The average molecular weight is 302 g/mol. The molecule has 0 radical (unpaired) electrons. The molecule has 0 saturated heterocycles. The van der Waals surface area contributed by atoms with Crippen LogP contribution in [-0.4, -0.2) is 30.0 Å². The summed E-state index contributed by atoms with van der Waals surface area (Å²) in [6.45, 7) is 2.28. The van der Waals surface area contributed by atoms with Gasteiger partial charge in [-0.3, -0.25) is 4.79 Å². The zero-order chi connectivity index (χ0) is 15.2. The molecule has 1 saturated carbocycles. The van der Waals surface area contributed by atoms with Crippen LogP contribution in [0.5, 0.6) is 0 Å². The van der Waals surface area contributed by atoms with Crippen molar-refractivity contribution in [3.63, 3.8) is 0 Å². The zero-order valence-corrected chi connectivity index (χ0v) is 13.4. The van der Waals surface area contributed by atoms with Crippen molar-refractivity contribution in [1.82, 2.24) is 5.32 Å². The molecule has 3 N–H and O–H groups in total. The van der Waals surface area contributed by atoms with Gasteiger partial charge in [-0.25, -0.2) is 0 Å². The van der Waals surface area contributed by atoms with E-state index in [1.54, 1.807) is 0 Å². The van der Waals surface area contributed by atoms with Crippen molar-refractivity contribution in [2.75, 3.05) is 12.8 Å². The monoisotopic (exact) mass is 302 g/mol. The third-order valence-corrected chi connectivity index (χ3v) is 4.89. The fourth-order valence-corrected chi connectivity index (χ4v) is 3.45. The molecule has 1 aliphatic rings. The smallest absolute Gasteiger partial charge is 0.252 e. The molecule has 2 unspecified atom stereocenters. The molecule has 0 aromatic heterocycles. The van der Waals surface area contributed by atoms with E-state index in [4.69, 9.17) is 5.73 Å². The number of hydrogen-bond donors (Lipinski definition) is 2. The summed E-state index contributed by atoms with van der Waals surface area (Å²) in [5.41, 5.74) is 7.89. The van der Waals surface area contributed by atoms with Crippen LogP contribution >= 0.6 is 11.8 Å². The summed E-state index contributed by atoms with van der Waals surface area (Å²) < 4.78 is 0. The fourth-order valence-electron chi connectivity index (χ4n) is 2.65. The number of aryl methyl sites for hydroxylation is 1. The highest BCUT2D eigenvalue weighted by Gasteiger charge is 2.25. The first-order valence-corrected chi connectivity index (χ1v) is 8.56. The molecular formula is C17H22N2OS. The number of carbonyl (C=O) groups excluding carboxylic acids is 1. The second kappa shape index (κ2) is 7.53. The lowest BCUT2D eigenvalue weighted by atomic mass is 10.0. The Morgan fingerprint density at radius 2 is 2.29 bits per heavy atom. The first-order chi connectivity index (χ1) is 10.1. The molecule has 4 heteroatoms. The highest BCUT2D eigenvalue weighted by Crippen LogP contribution is 2.28. The van der Waals surface area contributed by atoms with Crippen molar-refractivity contribution in [1.29, 1.82) is 0 Å². The number of amides is 1. The van der Waals surface area contributed by atoms with Crippen molar-refractivity contribution in [2.24, 2.45) is 5.73 Å². The Morgan fingerprint density at radius 1 is 1.48 bits per heavy atom. The van der Waals surface area contributed by atoms with E-state index in [2.05, 4.69) is 23.4 Å². The first kappa shape index (κ1) is 15.9. The second-order valence-electron chi connectivity index (χ2n) is 5.40. The molecule has 21 heavy (non-hydrogen) atoms. The molecule has 112 valence electrons. The number of rotatable bonds is 3. The van der Waals surface area contributed by atoms with Crippen LogP contribution in [-0.2, 0) is 0 Å². The van der Waals surface area contributed by atoms with E-state index in [1.807, 2.05) is 36.9 Å². The van der Waals surface area contributed by atoms with Gasteiger partial charge in [-0.2, -0.15) is 11.8 Å². The number of carbonyl (C=O) groups is 1. The predicted octanol–water partition coefficient (Wildman–Crippen LogP) is 2.32. The largest absolute Gasteiger partial charge is 0.349 e. The molecular weight excluding hydrogens is 280 g/mol. The standard InChI is InChI=1S/C17H22N2OS/c1-12-5-6-13(4-3-9-18)16(10-12)17(20)19-14-7-8-15(11-14)21-2/h5-6,10,14-15H,7-9,11,18H2,1-2H3,(H,19,20). The maximum atomic E-state index is 12.5. The fraction of sp³-hybridized carbons (Fsp3) is 0.471. The quantitative estimate of drug-likeness (QED) is 0.843. The minimum absolute atomic E-state index is 0.0215. The van der Waals surface area contributed by atoms with Crippen LogP contribution in [0.15, 0.2) is 18.2 Å². The molecule has 1 fully saturated rings. The molecule has 0 bridgehead atoms. The van der Waals surface area contributed by atoms with E-state index < -0.39 is 0 Å². The second-order valence-corrected chi connectivity index (χ2v) is 6.53. The van der Waals surface area contributed by atoms with Gasteiger partial charge in [0.1, 0.15) is 0 Å².